The summed E-state index contributed by atoms with van der Waals surface area (Å²) in [6.07, 6.45) is 0. The highest BCUT2D eigenvalue weighted by atomic mass is 35.5. The quantitative estimate of drug-likeness (QED) is 0.878. The molecule has 2 rings (SSSR count). The van der Waals surface area contributed by atoms with E-state index in [-0.39, 0.29) is 11.6 Å². The Balaban J connectivity index is 2.28. The molecule has 0 amide bonds. The van der Waals surface area contributed by atoms with Gasteiger partial charge >= 0.3 is 0 Å². The number of benzene rings is 2. The lowest BCUT2D eigenvalue weighted by molar-refractivity contribution is 0.626. The molecule has 2 aromatic rings. The molecule has 0 heterocycles. The lowest BCUT2D eigenvalue weighted by Gasteiger charge is -2.08. The van der Waals surface area contributed by atoms with Gasteiger partial charge in [-0.1, -0.05) is 17.7 Å². The molecule has 0 spiro atoms. The number of aryl methyl sites for hydroxylation is 1. The lowest BCUT2D eigenvalue weighted by Crippen LogP contribution is -2.02. The molecule has 2 N–H and O–H groups in total. The number of hydrogen-bond acceptors (Lipinski definition) is 2. The van der Waals surface area contributed by atoms with Crippen molar-refractivity contribution in [2.45, 2.75) is 17.6 Å². The highest BCUT2D eigenvalue weighted by Crippen LogP contribution is 2.24. The van der Waals surface area contributed by atoms with Crippen LogP contribution in [0.5, 0.6) is 0 Å². The third kappa shape index (κ3) is 3.33. The zero-order valence-corrected chi connectivity index (χ0v) is 11.9. The number of nitrogens with two attached hydrogens (primary N) is 1. The second-order valence-electron chi connectivity index (χ2n) is 4.24. The van der Waals surface area contributed by atoms with Gasteiger partial charge in [0, 0.05) is 10.7 Å². The zero-order valence-electron chi connectivity index (χ0n) is 10.3. The molecule has 0 fully saturated rings. The van der Waals surface area contributed by atoms with E-state index in [0.29, 0.717) is 15.6 Å². The molecule has 100 valence electrons. The van der Waals surface area contributed by atoms with Crippen LogP contribution in [0, 0.1) is 12.7 Å². The van der Waals surface area contributed by atoms with Crippen molar-refractivity contribution < 1.29 is 8.60 Å². The average Bonchev–Trinajstić information content (AvgIpc) is 2.35. The highest BCUT2D eigenvalue weighted by Gasteiger charge is 2.11. The number of anilines is 1. The molecular formula is C14H13ClFNOS. The molecule has 0 aromatic heterocycles. The smallest absolute Gasteiger partial charge is 0.123 e. The number of nitrogen functional groups attached to an aromatic ring is 1. The Hall–Kier alpha value is -1.39. The van der Waals surface area contributed by atoms with Crippen molar-refractivity contribution in [3.8, 4) is 0 Å². The predicted octanol–water partition coefficient (Wildman–Crippen LogP) is 3.68. The van der Waals surface area contributed by atoms with Gasteiger partial charge in [-0.3, -0.25) is 4.21 Å². The van der Waals surface area contributed by atoms with Crippen molar-refractivity contribution in [1.82, 2.24) is 0 Å². The van der Waals surface area contributed by atoms with Gasteiger partial charge in [0.25, 0.3) is 0 Å². The molecule has 0 saturated carbocycles. The van der Waals surface area contributed by atoms with Crippen LogP contribution in [0.4, 0.5) is 10.1 Å². The minimum absolute atomic E-state index is 0.288. The molecule has 1 atom stereocenters. The van der Waals surface area contributed by atoms with Gasteiger partial charge in [-0.2, -0.15) is 0 Å². The monoisotopic (exact) mass is 297 g/mol. The van der Waals surface area contributed by atoms with E-state index in [1.165, 1.54) is 12.1 Å². The van der Waals surface area contributed by atoms with Crippen molar-refractivity contribution in [2.75, 3.05) is 5.73 Å². The summed E-state index contributed by atoms with van der Waals surface area (Å²) in [7, 11) is -1.31. The first-order chi connectivity index (χ1) is 8.97. The molecule has 0 aliphatic carbocycles. The Kier molecular flexibility index (Phi) is 4.22. The maximum absolute atomic E-state index is 13.0. The van der Waals surface area contributed by atoms with E-state index in [2.05, 4.69) is 0 Å². The van der Waals surface area contributed by atoms with E-state index in [1.54, 1.807) is 31.2 Å². The van der Waals surface area contributed by atoms with Crippen LogP contribution >= 0.6 is 11.6 Å². The molecule has 19 heavy (non-hydrogen) atoms. The van der Waals surface area contributed by atoms with Crippen LogP contribution in [-0.4, -0.2) is 4.21 Å². The van der Waals surface area contributed by atoms with Crippen molar-refractivity contribution in [3.63, 3.8) is 0 Å². The molecule has 0 saturated heterocycles. The number of hydrogen-bond donors (Lipinski definition) is 1. The molecule has 0 aliphatic rings. The third-order valence-electron chi connectivity index (χ3n) is 2.81. The molecule has 0 bridgehead atoms. The van der Waals surface area contributed by atoms with Gasteiger partial charge in [-0.05, 0) is 48.4 Å². The van der Waals surface area contributed by atoms with Crippen molar-refractivity contribution in [1.29, 1.82) is 0 Å². The minimum Gasteiger partial charge on any atom is -0.398 e. The van der Waals surface area contributed by atoms with Crippen LogP contribution in [0.3, 0.4) is 0 Å². The summed E-state index contributed by atoms with van der Waals surface area (Å²) in [5.41, 5.74) is 7.85. The summed E-state index contributed by atoms with van der Waals surface area (Å²) in [5, 5.41) is 0.494. The van der Waals surface area contributed by atoms with Crippen molar-refractivity contribution in [2.24, 2.45) is 0 Å². The summed E-state index contributed by atoms with van der Waals surface area (Å²) in [6.45, 7) is 1.79. The second-order valence-corrected chi connectivity index (χ2v) is 6.10. The average molecular weight is 298 g/mol. The van der Waals surface area contributed by atoms with Gasteiger partial charge in [0.15, 0.2) is 0 Å². The van der Waals surface area contributed by atoms with Crippen LogP contribution in [0.25, 0.3) is 0 Å². The molecule has 5 heteroatoms. The Labute approximate surface area is 118 Å². The normalized spacial score (nSPS) is 12.4. The summed E-state index contributed by atoms with van der Waals surface area (Å²) < 4.78 is 25.3. The highest BCUT2D eigenvalue weighted by molar-refractivity contribution is 7.84. The summed E-state index contributed by atoms with van der Waals surface area (Å²) in [4.78, 5) is 0.510. The van der Waals surface area contributed by atoms with Crippen molar-refractivity contribution in [3.05, 3.63) is 58.4 Å². The lowest BCUT2D eigenvalue weighted by atomic mass is 10.1. The maximum atomic E-state index is 13.0. The Bertz CT molecular complexity index is 645. The van der Waals surface area contributed by atoms with E-state index < -0.39 is 10.8 Å². The van der Waals surface area contributed by atoms with Crippen LogP contribution in [0.2, 0.25) is 5.02 Å². The molecule has 0 aliphatic heterocycles. The first-order valence-corrected chi connectivity index (χ1v) is 7.35. The fraction of sp³-hybridized carbons (Fsp3) is 0.143. The maximum Gasteiger partial charge on any atom is 0.123 e. The van der Waals surface area contributed by atoms with Gasteiger partial charge in [0.1, 0.15) is 5.82 Å². The van der Waals surface area contributed by atoms with Gasteiger partial charge in [0.05, 0.1) is 21.4 Å². The molecule has 2 nitrogen and oxygen atoms in total. The summed E-state index contributed by atoms with van der Waals surface area (Å²) in [6, 6.07) is 9.32. The molecule has 0 radical (unpaired) electrons. The predicted molar refractivity (Wildman–Crippen MR) is 77.1 cm³/mol. The van der Waals surface area contributed by atoms with E-state index in [9.17, 15) is 8.60 Å². The third-order valence-corrected chi connectivity index (χ3v) is 4.46. The Morgan fingerprint density at radius 2 is 2.00 bits per heavy atom. The van der Waals surface area contributed by atoms with Gasteiger partial charge in [-0.15, -0.1) is 0 Å². The Morgan fingerprint density at radius 3 is 2.68 bits per heavy atom. The zero-order chi connectivity index (χ0) is 14.0. The van der Waals surface area contributed by atoms with Gasteiger partial charge in [0.2, 0.25) is 0 Å². The fourth-order valence-electron chi connectivity index (χ4n) is 1.75. The largest absolute Gasteiger partial charge is 0.398 e. The number of halogens is 2. The van der Waals surface area contributed by atoms with Gasteiger partial charge in [-0.25, -0.2) is 4.39 Å². The van der Waals surface area contributed by atoms with E-state index in [1.807, 2.05) is 0 Å². The fourth-order valence-corrected chi connectivity index (χ4v) is 3.33. The molecule has 2 aromatic carbocycles. The number of rotatable bonds is 3. The topological polar surface area (TPSA) is 43.1 Å². The standard InChI is InChI=1S/C14H13ClFNOS/c1-9-6-12(16)4-2-10(9)8-19(18)14-7-11(15)3-5-13(14)17/h2-7H,8,17H2,1H3. The summed E-state index contributed by atoms with van der Waals surface area (Å²) >= 11 is 5.88. The van der Waals surface area contributed by atoms with E-state index in [4.69, 9.17) is 17.3 Å². The van der Waals surface area contributed by atoms with Crippen LogP contribution < -0.4 is 5.73 Å². The SMILES string of the molecule is Cc1cc(F)ccc1CS(=O)c1cc(Cl)ccc1N. The Morgan fingerprint density at radius 1 is 1.26 bits per heavy atom. The van der Waals surface area contributed by atoms with Gasteiger partial charge < -0.3 is 5.73 Å². The van der Waals surface area contributed by atoms with E-state index >= 15 is 0 Å². The van der Waals surface area contributed by atoms with Crippen molar-refractivity contribution >= 4 is 28.1 Å². The first kappa shape index (κ1) is 14.0. The first-order valence-electron chi connectivity index (χ1n) is 5.66. The van der Waals surface area contributed by atoms with E-state index in [0.717, 1.165) is 11.1 Å². The summed E-state index contributed by atoms with van der Waals surface area (Å²) in [5.74, 6) is -0.00859. The van der Waals surface area contributed by atoms with Crippen LogP contribution in [-0.2, 0) is 16.6 Å². The molecular weight excluding hydrogens is 285 g/mol. The minimum atomic E-state index is -1.31. The molecule has 1 unspecified atom stereocenters. The van der Waals surface area contributed by atoms with Crippen LogP contribution in [0.1, 0.15) is 11.1 Å². The second kappa shape index (κ2) is 5.72. The van der Waals surface area contributed by atoms with Crippen LogP contribution in [0.15, 0.2) is 41.3 Å².